The van der Waals surface area contributed by atoms with Crippen molar-refractivity contribution in [2.24, 2.45) is 0 Å². The lowest BCUT2D eigenvalue weighted by molar-refractivity contribution is 0.254. The quantitative estimate of drug-likeness (QED) is 0.645. The van der Waals surface area contributed by atoms with Gasteiger partial charge in [0.15, 0.2) is 0 Å². The zero-order chi connectivity index (χ0) is 9.97. The number of ether oxygens (including phenoxy) is 1. The molecule has 0 fully saturated rings. The summed E-state index contributed by atoms with van der Waals surface area (Å²) in [6.07, 6.45) is 8.38. The Morgan fingerprint density at radius 2 is 2.43 bits per heavy atom. The van der Waals surface area contributed by atoms with Crippen molar-refractivity contribution in [3.63, 3.8) is 0 Å². The van der Waals surface area contributed by atoms with Gasteiger partial charge in [0.05, 0.1) is 0 Å². The molecule has 1 unspecified atom stereocenters. The fourth-order valence-electron chi connectivity index (χ4n) is 1.85. The van der Waals surface area contributed by atoms with Crippen molar-refractivity contribution in [1.29, 1.82) is 0 Å². The van der Waals surface area contributed by atoms with Crippen LogP contribution >= 0.6 is 0 Å². The Bertz CT molecular complexity index is 373. The summed E-state index contributed by atoms with van der Waals surface area (Å²) in [6.45, 7) is 2.10. The minimum absolute atomic E-state index is 0.327. The predicted octanol–water partition coefficient (Wildman–Crippen LogP) is 2.58. The molecule has 1 heterocycles. The second-order valence-electron chi connectivity index (χ2n) is 3.78. The third-order valence-electron chi connectivity index (χ3n) is 2.52. The molecule has 1 aromatic rings. The summed E-state index contributed by atoms with van der Waals surface area (Å²) < 4.78 is 5.63. The molecule has 0 bridgehead atoms. The average Bonchev–Trinajstić information content (AvgIpc) is 2.54. The van der Waals surface area contributed by atoms with Crippen molar-refractivity contribution in [1.82, 2.24) is 0 Å². The van der Waals surface area contributed by atoms with Gasteiger partial charge in [-0.1, -0.05) is 12.1 Å². The van der Waals surface area contributed by atoms with E-state index < -0.39 is 0 Å². The first-order valence-corrected chi connectivity index (χ1v) is 5.01. The lowest BCUT2D eigenvalue weighted by Crippen LogP contribution is -2.05. The molecule has 1 atom stereocenters. The molecule has 0 amide bonds. The van der Waals surface area contributed by atoms with Gasteiger partial charge in [0.25, 0.3) is 0 Å². The van der Waals surface area contributed by atoms with Gasteiger partial charge >= 0.3 is 0 Å². The van der Waals surface area contributed by atoms with Gasteiger partial charge in [-0.2, -0.15) is 0 Å². The van der Waals surface area contributed by atoms with Gasteiger partial charge in [-0.3, -0.25) is 0 Å². The summed E-state index contributed by atoms with van der Waals surface area (Å²) in [5.41, 5.74) is 2.64. The van der Waals surface area contributed by atoms with Crippen molar-refractivity contribution in [2.75, 3.05) is 0 Å². The first-order chi connectivity index (χ1) is 6.79. The molecule has 0 spiro atoms. The molecule has 1 nitrogen and oxygen atoms in total. The summed E-state index contributed by atoms with van der Waals surface area (Å²) in [4.78, 5) is 0. The van der Waals surface area contributed by atoms with E-state index in [0.717, 1.165) is 25.0 Å². The van der Waals surface area contributed by atoms with E-state index in [2.05, 4.69) is 31.0 Å². The van der Waals surface area contributed by atoms with Gasteiger partial charge in [0, 0.05) is 12.8 Å². The van der Waals surface area contributed by atoms with Crippen LogP contribution in [0, 0.1) is 12.3 Å². The van der Waals surface area contributed by atoms with E-state index in [-0.39, 0.29) is 0 Å². The fraction of sp³-hybridized carbons (Fsp3) is 0.385. The van der Waals surface area contributed by atoms with Crippen molar-refractivity contribution in [2.45, 2.75) is 32.3 Å². The second-order valence-corrected chi connectivity index (χ2v) is 3.78. The zero-order valence-electron chi connectivity index (χ0n) is 8.42. The number of rotatable bonds is 2. The Kier molecular flexibility index (Phi) is 2.45. The molecule has 1 aliphatic heterocycles. The minimum atomic E-state index is 0.327. The molecule has 0 radical (unpaired) electrons. The maximum Gasteiger partial charge on any atom is 0.123 e. The van der Waals surface area contributed by atoms with Gasteiger partial charge in [-0.25, -0.2) is 0 Å². The third-order valence-corrected chi connectivity index (χ3v) is 2.52. The Hall–Kier alpha value is -1.42. The molecule has 14 heavy (non-hydrogen) atoms. The van der Waals surface area contributed by atoms with Crippen LogP contribution in [-0.2, 0) is 12.8 Å². The molecule has 2 rings (SSSR count). The summed E-state index contributed by atoms with van der Waals surface area (Å²) in [7, 11) is 0. The molecule has 1 aromatic carbocycles. The summed E-state index contributed by atoms with van der Waals surface area (Å²) in [5, 5.41) is 0. The van der Waals surface area contributed by atoms with Gasteiger partial charge < -0.3 is 4.74 Å². The van der Waals surface area contributed by atoms with Crippen LogP contribution in [0.1, 0.15) is 24.5 Å². The van der Waals surface area contributed by atoms with Crippen molar-refractivity contribution in [3.05, 3.63) is 29.3 Å². The minimum Gasteiger partial charge on any atom is -0.490 e. The third kappa shape index (κ3) is 1.75. The van der Waals surface area contributed by atoms with E-state index in [0.29, 0.717) is 6.10 Å². The topological polar surface area (TPSA) is 9.23 Å². The monoisotopic (exact) mass is 186 g/mol. The van der Waals surface area contributed by atoms with E-state index in [1.54, 1.807) is 0 Å². The normalized spacial score (nSPS) is 18.4. The van der Waals surface area contributed by atoms with Crippen LogP contribution in [0.2, 0.25) is 0 Å². The van der Waals surface area contributed by atoms with Crippen LogP contribution in [0.5, 0.6) is 5.75 Å². The predicted molar refractivity (Wildman–Crippen MR) is 57.4 cm³/mol. The highest BCUT2D eigenvalue weighted by Crippen LogP contribution is 2.29. The van der Waals surface area contributed by atoms with Crippen LogP contribution in [0.25, 0.3) is 0 Å². The zero-order valence-corrected chi connectivity index (χ0v) is 8.42. The van der Waals surface area contributed by atoms with Crippen molar-refractivity contribution < 1.29 is 4.74 Å². The highest BCUT2D eigenvalue weighted by atomic mass is 16.5. The number of terminal acetylenes is 1. The summed E-state index contributed by atoms with van der Waals surface area (Å²) in [6, 6.07) is 6.38. The lowest BCUT2D eigenvalue weighted by Gasteiger charge is -2.02. The number of benzene rings is 1. The number of aryl methyl sites for hydroxylation is 1. The maximum atomic E-state index is 5.63. The van der Waals surface area contributed by atoms with Gasteiger partial charge in [0.2, 0.25) is 0 Å². The SMILES string of the molecule is C#CCCc1ccc2c(c1)CC(C)O2. The van der Waals surface area contributed by atoms with E-state index in [9.17, 15) is 0 Å². The first kappa shape index (κ1) is 9.15. The highest BCUT2D eigenvalue weighted by molar-refractivity contribution is 5.40. The van der Waals surface area contributed by atoms with Gasteiger partial charge in [-0.15, -0.1) is 12.3 Å². The highest BCUT2D eigenvalue weighted by Gasteiger charge is 2.18. The molecule has 0 aromatic heterocycles. The van der Waals surface area contributed by atoms with Crippen LogP contribution in [0.4, 0.5) is 0 Å². The summed E-state index contributed by atoms with van der Waals surface area (Å²) in [5.74, 6) is 3.70. The molecule has 1 heteroatoms. The Balaban J connectivity index is 2.17. The number of hydrogen-bond acceptors (Lipinski definition) is 1. The van der Waals surface area contributed by atoms with E-state index in [4.69, 9.17) is 11.2 Å². The Morgan fingerprint density at radius 3 is 3.21 bits per heavy atom. The van der Waals surface area contributed by atoms with E-state index >= 15 is 0 Å². The number of fused-ring (bicyclic) bond motifs is 1. The smallest absolute Gasteiger partial charge is 0.123 e. The molecule has 0 saturated carbocycles. The van der Waals surface area contributed by atoms with Crippen LogP contribution < -0.4 is 4.74 Å². The Labute approximate surface area is 85.1 Å². The number of hydrogen-bond donors (Lipinski definition) is 0. The van der Waals surface area contributed by atoms with E-state index in [1.165, 1.54) is 11.1 Å². The second kappa shape index (κ2) is 3.75. The molecule has 1 aliphatic rings. The van der Waals surface area contributed by atoms with Gasteiger partial charge in [-0.05, 0) is 30.5 Å². The van der Waals surface area contributed by atoms with Crippen molar-refractivity contribution in [3.8, 4) is 18.1 Å². The standard InChI is InChI=1S/C13H14O/c1-3-4-5-11-6-7-13-12(9-11)8-10(2)14-13/h1,6-7,9-10H,4-5,8H2,2H3. The van der Waals surface area contributed by atoms with Crippen molar-refractivity contribution >= 4 is 0 Å². The lowest BCUT2D eigenvalue weighted by atomic mass is 10.0. The molecular weight excluding hydrogens is 172 g/mol. The molecular formula is C13H14O. The molecule has 0 N–H and O–H groups in total. The molecule has 0 saturated heterocycles. The maximum absolute atomic E-state index is 5.63. The molecule has 0 aliphatic carbocycles. The van der Waals surface area contributed by atoms with Crippen LogP contribution in [0.3, 0.4) is 0 Å². The van der Waals surface area contributed by atoms with E-state index in [1.807, 2.05) is 0 Å². The average molecular weight is 186 g/mol. The largest absolute Gasteiger partial charge is 0.490 e. The van der Waals surface area contributed by atoms with Crippen LogP contribution in [0.15, 0.2) is 18.2 Å². The van der Waals surface area contributed by atoms with Crippen LogP contribution in [-0.4, -0.2) is 6.10 Å². The molecule has 72 valence electrons. The van der Waals surface area contributed by atoms with Gasteiger partial charge in [0.1, 0.15) is 11.9 Å². The first-order valence-electron chi connectivity index (χ1n) is 5.01. The summed E-state index contributed by atoms with van der Waals surface area (Å²) >= 11 is 0. The fourth-order valence-corrected chi connectivity index (χ4v) is 1.85. The Morgan fingerprint density at radius 1 is 1.57 bits per heavy atom.